The van der Waals surface area contributed by atoms with E-state index in [1.165, 1.54) is 0 Å². The summed E-state index contributed by atoms with van der Waals surface area (Å²) in [7, 11) is 2.05. The predicted molar refractivity (Wildman–Crippen MR) is 103 cm³/mol. The van der Waals surface area contributed by atoms with E-state index < -0.39 is 5.92 Å². The van der Waals surface area contributed by atoms with E-state index in [-0.39, 0.29) is 18.2 Å². The van der Waals surface area contributed by atoms with Crippen LogP contribution in [0, 0.1) is 5.92 Å². The lowest BCUT2D eigenvalue weighted by molar-refractivity contribution is -0.136. The van der Waals surface area contributed by atoms with Crippen molar-refractivity contribution < 1.29 is 9.59 Å². The minimum Gasteiger partial charge on any atom is -0.340 e. The second-order valence-corrected chi connectivity index (χ2v) is 7.61. The summed E-state index contributed by atoms with van der Waals surface area (Å²) in [5, 5.41) is 8.00. The van der Waals surface area contributed by atoms with Gasteiger partial charge in [-0.1, -0.05) is 23.7 Å². The molecule has 1 N–H and O–H groups in total. The van der Waals surface area contributed by atoms with Crippen LogP contribution in [0.25, 0.3) is 11.1 Å². The molecule has 1 atom stereocenters. The van der Waals surface area contributed by atoms with Crippen molar-refractivity contribution in [3.05, 3.63) is 35.5 Å². The van der Waals surface area contributed by atoms with Crippen LogP contribution < -0.4 is 5.32 Å². The summed E-state index contributed by atoms with van der Waals surface area (Å²) in [6, 6.07) is 7.41. The van der Waals surface area contributed by atoms with E-state index in [0.717, 1.165) is 37.3 Å². The van der Waals surface area contributed by atoms with Gasteiger partial charge in [-0.3, -0.25) is 9.59 Å². The Balaban J connectivity index is 1.47. The number of nitrogens with one attached hydrogen (secondary N) is 1. The fraction of sp³-hybridized carbons (Fsp3) is 0.421. The number of carbonyl (C=O) groups excluding carboxylic acids is 2. The van der Waals surface area contributed by atoms with Gasteiger partial charge in [-0.05, 0) is 24.7 Å². The van der Waals surface area contributed by atoms with Gasteiger partial charge in [0, 0.05) is 43.2 Å². The summed E-state index contributed by atoms with van der Waals surface area (Å²) < 4.78 is 1.77. The number of carbonyl (C=O) groups is 2. The number of hydrogen-bond donors (Lipinski definition) is 1. The van der Waals surface area contributed by atoms with Gasteiger partial charge in [0.05, 0.1) is 18.7 Å². The maximum Gasteiger partial charge on any atom is 0.231 e. The first-order valence-corrected chi connectivity index (χ1v) is 9.48. The number of hydrogen-bond acceptors (Lipinski definition) is 4. The molecular formula is C19H22ClN5O2. The fourth-order valence-corrected chi connectivity index (χ4v) is 3.69. The van der Waals surface area contributed by atoms with Crippen LogP contribution in [0.3, 0.4) is 0 Å². The standard InChI is InChI=1S/C19H22ClN5O2/c1-23-6-8-24(9-7-23)17(26)10-14-12-25-18(22-19(14)27)16(11-21-25)13-2-4-15(20)5-3-13/h2-5,11,14H,6-10,12H2,1H3,(H,22,27)/t14-/m1/s1. The smallest absolute Gasteiger partial charge is 0.231 e. The molecule has 1 fully saturated rings. The molecule has 0 radical (unpaired) electrons. The van der Waals surface area contributed by atoms with Gasteiger partial charge < -0.3 is 15.1 Å². The maximum atomic E-state index is 12.6. The molecule has 0 saturated carbocycles. The monoisotopic (exact) mass is 387 g/mol. The maximum absolute atomic E-state index is 12.6. The number of rotatable bonds is 3. The normalized spacial score (nSPS) is 20.3. The molecule has 0 bridgehead atoms. The van der Waals surface area contributed by atoms with E-state index in [4.69, 9.17) is 11.6 Å². The topological polar surface area (TPSA) is 70.5 Å². The van der Waals surface area contributed by atoms with Crippen molar-refractivity contribution in [3.63, 3.8) is 0 Å². The summed E-state index contributed by atoms with van der Waals surface area (Å²) in [6.07, 6.45) is 1.95. The van der Waals surface area contributed by atoms with Crippen molar-refractivity contribution in [1.29, 1.82) is 0 Å². The van der Waals surface area contributed by atoms with E-state index >= 15 is 0 Å². The van der Waals surface area contributed by atoms with Gasteiger partial charge in [0.2, 0.25) is 11.8 Å². The van der Waals surface area contributed by atoms with E-state index in [1.54, 1.807) is 10.9 Å². The SMILES string of the molecule is CN1CCN(C(=O)C[C@@H]2Cn3ncc(-c4ccc(Cl)cc4)c3NC2=O)CC1. The minimum absolute atomic E-state index is 0.0387. The molecule has 2 amide bonds. The van der Waals surface area contributed by atoms with Crippen molar-refractivity contribution in [2.45, 2.75) is 13.0 Å². The Morgan fingerprint density at radius 3 is 2.63 bits per heavy atom. The third kappa shape index (κ3) is 3.70. The number of benzene rings is 1. The summed E-state index contributed by atoms with van der Waals surface area (Å²) in [5.41, 5.74) is 1.79. The highest BCUT2D eigenvalue weighted by atomic mass is 35.5. The number of piperazine rings is 1. The van der Waals surface area contributed by atoms with Gasteiger partial charge in [-0.2, -0.15) is 5.10 Å². The van der Waals surface area contributed by atoms with Gasteiger partial charge in [-0.25, -0.2) is 4.68 Å². The molecule has 1 saturated heterocycles. The number of halogens is 1. The highest BCUT2D eigenvalue weighted by Gasteiger charge is 2.32. The summed E-state index contributed by atoms with van der Waals surface area (Å²) >= 11 is 5.95. The number of anilines is 1. The Bertz CT molecular complexity index is 855. The van der Waals surface area contributed by atoms with Crippen LogP contribution in [0.2, 0.25) is 5.02 Å². The molecule has 27 heavy (non-hydrogen) atoms. The Morgan fingerprint density at radius 2 is 1.93 bits per heavy atom. The van der Waals surface area contributed by atoms with Crippen LogP contribution in [0.5, 0.6) is 0 Å². The Labute approximate surface area is 162 Å². The number of fused-ring (bicyclic) bond motifs is 1. The highest BCUT2D eigenvalue weighted by molar-refractivity contribution is 6.30. The van der Waals surface area contributed by atoms with Crippen LogP contribution >= 0.6 is 11.6 Å². The fourth-order valence-electron chi connectivity index (χ4n) is 3.56. The molecule has 1 aromatic carbocycles. The van der Waals surface area contributed by atoms with Crippen LogP contribution in [0.15, 0.2) is 30.5 Å². The first-order valence-electron chi connectivity index (χ1n) is 9.10. The van der Waals surface area contributed by atoms with Crippen molar-refractivity contribution in [2.75, 3.05) is 38.5 Å². The van der Waals surface area contributed by atoms with Crippen LogP contribution in [0.4, 0.5) is 5.82 Å². The largest absolute Gasteiger partial charge is 0.340 e. The molecule has 1 aromatic heterocycles. The summed E-state index contributed by atoms with van der Waals surface area (Å²) in [4.78, 5) is 29.2. The molecule has 3 heterocycles. The molecule has 142 valence electrons. The molecule has 0 spiro atoms. The average molecular weight is 388 g/mol. The molecule has 0 aliphatic carbocycles. The zero-order chi connectivity index (χ0) is 19.0. The average Bonchev–Trinajstić information content (AvgIpc) is 3.06. The van der Waals surface area contributed by atoms with Crippen molar-refractivity contribution in [2.24, 2.45) is 5.92 Å². The lowest BCUT2D eigenvalue weighted by Crippen LogP contribution is -2.48. The number of amides is 2. The third-order valence-electron chi connectivity index (χ3n) is 5.28. The van der Waals surface area contributed by atoms with Crippen molar-refractivity contribution in [1.82, 2.24) is 19.6 Å². The van der Waals surface area contributed by atoms with Crippen molar-refractivity contribution in [3.8, 4) is 11.1 Å². The molecule has 2 aliphatic rings. The van der Waals surface area contributed by atoms with Crippen molar-refractivity contribution >= 4 is 29.2 Å². The van der Waals surface area contributed by atoms with Gasteiger partial charge in [-0.15, -0.1) is 0 Å². The quantitative estimate of drug-likeness (QED) is 0.873. The van der Waals surface area contributed by atoms with Crippen LogP contribution in [0.1, 0.15) is 6.42 Å². The zero-order valence-corrected chi connectivity index (χ0v) is 15.9. The first kappa shape index (κ1) is 18.0. The van der Waals surface area contributed by atoms with Gasteiger partial charge in [0.25, 0.3) is 0 Å². The first-order chi connectivity index (χ1) is 13.0. The lowest BCUT2D eigenvalue weighted by atomic mass is 10.0. The zero-order valence-electron chi connectivity index (χ0n) is 15.2. The van der Waals surface area contributed by atoms with Gasteiger partial charge >= 0.3 is 0 Å². The van der Waals surface area contributed by atoms with Crippen LogP contribution in [-0.4, -0.2) is 64.6 Å². The lowest BCUT2D eigenvalue weighted by Gasteiger charge is -2.33. The minimum atomic E-state index is -0.400. The highest BCUT2D eigenvalue weighted by Crippen LogP contribution is 2.32. The Morgan fingerprint density at radius 1 is 1.22 bits per heavy atom. The molecular weight excluding hydrogens is 366 g/mol. The molecule has 0 unspecified atom stereocenters. The van der Waals surface area contributed by atoms with E-state index in [0.29, 0.717) is 17.4 Å². The van der Waals surface area contributed by atoms with Gasteiger partial charge in [0.15, 0.2) is 0 Å². The van der Waals surface area contributed by atoms with E-state index in [2.05, 4.69) is 15.3 Å². The molecule has 7 nitrogen and oxygen atoms in total. The number of likely N-dealkylation sites (N-methyl/N-ethyl adjacent to an activating group) is 1. The van der Waals surface area contributed by atoms with Crippen LogP contribution in [-0.2, 0) is 16.1 Å². The third-order valence-corrected chi connectivity index (χ3v) is 5.53. The molecule has 8 heteroatoms. The number of nitrogens with zero attached hydrogens (tertiary/aromatic N) is 4. The van der Waals surface area contributed by atoms with E-state index in [9.17, 15) is 9.59 Å². The second-order valence-electron chi connectivity index (χ2n) is 7.17. The number of aromatic nitrogens is 2. The Hall–Kier alpha value is -2.38. The Kier molecular flexibility index (Phi) is 4.88. The molecule has 2 aliphatic heterocycles. The van der Waals surface area contributed by atoms with Gasteiger partial charge in [0.1, 0.15) is 5.82 Å². The molecule has 2 aromatic rings. The van der Waals surface area contributed by atoms with E-state index in [1.807, 2.05) is 36.2 Å². The second kappa shape index (κ2) is 7.32. The summed E-state index contributed by atoms with van der Waals surface area (Å²) in [5.74, 6) is 0.186. The molecule has 4 rings (SSSR count). The summed E-state index contributed by atoms with van der Waals surface area (Å²) in [6.45, 7) is 3.59. The predicted octanol–water partition coefficient (Wildman–Crippen LogP) is 1.94.